The normalized spacial score (nSPS) is 10.7. The van der Waals surface area contributed by atoms with E-state index in [1.165, 1.54) is 10.7 Å². The Morgan fingerprint density at radius 1 is 1.37 bits per heavy atom. The Morgan fingerprint density at radius 2 is 2.11 bits per heavy atom. The van der Waals surface area contributed by atoms with Gasteiger partial charge in [-0.3, -0.25) is 14.8 Å². The number of aliphatic hydroxyl groups is 1. The molecule has 2 rings (SSSR count). The fourth-order valence-electron chi connectivity index (χ4n) is 1.71. The molecular formula is C11H9Cl2N3O3. The molecule has 19 heavy (non-hydrogen) atoms. The average Bonchev–Trinajstić information content (AvgIpc) is 2.77. The van der Waals surface area contributed by atoms with Crippen LogP contribution in [-0.2, 0) is 6.54 Å². The minimum atomic E-state index is -0.529. The number of rotatable bonds is 4. The fourth-order valence-corrected chi connectivity index (χ4v) is 2.01. The van der Waals surface area contributed by atoms with E-state index in [9.17, 15) is 10.1 Å². The van der Waals surface area contributed by atoms with E-state index < -0.39 is 4.92 Å². The molecule has 0 amide bonds. The summed E-state index contributed by atoms with van der Waals surface area (Å²) in [7, 11) is 0. The van der Waals surface area contributed by atoms with Gasteiger partial charge in [0.1, 0.15) is 11.9 Å². The maximum Gasteiger partial charge on any atom is 0.314 e. The Balaban J connectivity index is 2.60. The van der Waals surface area contributed by atoms with Gasteiger partial charge in [-0.1, -0.05) is 29.3 Å². The summed E-state index contributed by atoms with van der Waals surface area (Å²) in [6, 6.07) is 4.70. The summed E-state index contributed by atoms with van der Waals surface area (Å²) in [5.74, 6) is 0. The molecule has 1 aromatic heterocycles. The second kappa shape index (κ2) is 5.56. The first-order chi connectivity index (χ1) is 9.04. The minimum Gasteiger partial charge on any atom is -0.394 e. The van der Waals surface area contributed by atoms with Gasteiger partial charge in [-0.25, -0.2) is 0 Å². The number of nitrogens with zero attached hydrogens (tertiary/aromatic N) is 3. The quantitative estimate of drug-likeness (QED) is 0.695. The van der Waals surface area contributed by atoms with Gasteiger partial charge in [-0.15, -0.1) is 0 Å². The van der Waals surface area contributed by atoms with Crippen LogP contribution in [-0.4, -0.2) is 26.4 Å². The van der Waals surface area contributed by atoms with Crippen molar-refractivity contribution in [1.29, 1.82) is 0 Å². The van der Waals surface area contributed by atoms with Crippen molar-refractivity contribution in [2.24, 2.45) is 0 Å². The molecule has 1 heterocycles. The topological polar surface area (TPSA) is 81.2 Å². The summed E-state index contributed by atoms with van der Waals surface area (Å²) < 4.78 is 1.36. The molecule has 0 spiro atoms. The lowest BCUT2D eigenvalue weighted by atomic mass is 10.1. The van der Waals surface area contributed by atoms with Crippen LogP contribution in [0.5, 0.6) is 0 Å². The van der Waals surface area contributed by atoms with Crippen molar-refractivity contribution in [3.63, 3.8) is 0 Å². The second-order valence-corrected chi connectivity index (χ2v) is 4.53. The second-order valence-electron chi connectivity index (χ2n) is 3.71. The molecule has 2 aromatic rings. The predicted molar refractivity (Wildman–Crippen MR) is 71.4 cm³/mol. The summed E-state index contributed by atoms with van der Waals surface area (Å²) in [5, 5.41) is 24.5. The highest BCUT2D eigenvalue weighted by molar-refractivity contribution is 6.42. The summed E-state index contributed by atoms with van der Waals surface area (Å²) >= 11 is 11.7. The first kappa shape index (κ1) is 13.8. The van der Waals surface area contributed by atoms with E-state index in [2.05, 4.69) is 5.10 Å². The first-order valence-electron chi connectivity index (χ1n) is 5.31. The molecule has 0 atom stereocenters. The van der Waals surface area contributed by atoms with Crippen LogP contribution in [0.25, 0.3) is 11.3 Å². The van der Waals surface area contributed by atoms with Gasteiger partial charge in [0.15, 0.2) is 0 Å². The highest BCUT2D eigenvalue weighted by atomic mass is 35.5. The third-order valence-corrected chi connectivity index (χ3v) is 3.26. The van der Waals surface area contributed by atoms with Crippen molar-refractivity contribution in [3.8, 4) is 11.3 Å². The van der Waals surface area contributed by atoms with E-state index in [0.29, 0.717) is 15.6 Å². The van der Waals surface area contributed by atoms with Gasteiger partial charge in [-0.2, -0.15) is 5.10 Å². The molecule has 0 saturated heterocycles. The molecule has 0 aliphatic rings. The molecule has 0 aliphatic carbocycles. The smallest absolute Gasteiger partial charge is 0.314 e. The van der Waals surface area contributed by atoms with Gasteiger partial charge in [0.05, 0.1) is 28.1 Å². The maximum atomic E-state index is 11.0. The average molecular weight is 302 g/mol. The van der Waals surface area contributed by atoms with Gasteiger partial charge >= 0.3 is 5.69 Å². The maximum absolute atomic E-state index is 11.0. The number of aliphatic hydroxyl groups excluding tert-OH is 1. The van der Waals surface area contributed by atoms with Crippen LogP contribution >= 0.6 is 23.2 Å². The monoisotopic (exact) mass is 301 g/mol. The Morgan fingerprint density at radius 3 is 2.68 bits per heavy atom. The molecule has 0 bridgehead atoms. The zero-order chi connectivity index (χ0) is 14.0. The highest BCUT2D eigenvalue weighted by Gasteiger charge is 2.22. The number of nitro groups is 1. The van der Waals surface area contributed by atoms with Crippen molar-refractivity contribution in [1.82, 2.24) is 9.78 Å². The van der Waals surface area contributed by atoms with Crippen LogP contribution in [0.1, 0.15) is 0 Å². The molecule has 6 nitrogen and oxygen atoms in total. The van der Waals surface area contributed by atoms with E-state index in [0.717, 1.165) is 6.20 Å². The van der Waals surface area contributed by atoms with Gasteiger partial charge in [0, 0.05) is 5.56 Å². The Hall–Kier alpha value is -1.63. The van der Waals surface area contributed by atoms with E-state index >= 15 is 0 Å². The standard InChI is InChI=1S/C11H9Cl2N3O3/c12-8-2-1-7(5-9(8)13)11-10(16(18)19)6-14-15(11)3-4-17/h1-2,5-6,17H,3-4H2. The van der Waals surface area contributed by atoms with Crippen LogP contribution in [0.15, 0.2) is 24.4 Å². The van der Waals surface area contributed by atoms with E-state index in [-0.39, 0.29) is 24.5 Å². The molecule has 1 N–H and O–H groups in total. The Labute approximate surface area is 118 Å². The SMILES string of the molecule is O=[N+]([O-])c1cnn(CCO)c1-c1ccc(Cl)c(Cl)c1. The molecule has 100 valence electrons. The first-order valence-corrected chi connectivity index (χ1v) is 6.06. The largest absolute Gasteiger partial charge is 0.394 e. The highest BCUT2D eigenvalue weighted by Crippen LogP contribution is 2.33. The van der Waals surface area contributed by atoms with Crippen LogP contribution in [0.2, 0.25) is 10.0 Å². The Kier molecular flexibility index (Phi) is 4.04. The van der Waals surface area contributed by atoms with Crippen LogP contribution in [0.4, 0.5) is 5.69 Å². The predicted octanol–water partition coefficient (Wildman–Crippen LogP) is 2.76. The molecule has 1 aromatic carbocycles. The molecule has 0 aliphatic heterocycles. The minimum absolute atomic E-state index is 0.146. The lowest BCUT2D eigenvalue weighted by Gasteiger charge is -2.06. The summed E-state index contributed by atoms with van der Waals surface area (Å²) in [4.78, 5) is 10.5. The van der Waals surface area contributed by atoms with Crippen molar-refractivity contribution < 1.29 is 10.0 Å². The zero-order valence-electron chi connectivity index (χ0n) is 9.58. The lowest BCUT2D eigenvalue weighted by Crippen LogP contribution is -2.06. The lowest BCUT2D eigenvalue weighted by molar-refractivity contribution is -0.384. The number of aromatic nitrogens is 2. The summed E-state index contributed by atoms with van der Waals surface area (Å²) in [5.41, 5.74) is 0.663. The van der Waals surface area contributed by atoms with Gasteiger partial charge in [0.2, 0.25) is 0 Å². The van der Waals surface area contributed by atoms with Crippen molar-refractivity contribution in [2.75, 3.05) is 6.61 Å². The third-order valence-electron chi connectivity index (χ3n) is 2.52. The summed E-state index contributed by atoms with van der Waals surface area (Å²) in [6.07, 6.45) is 1.15. The molecule has 0 radical (unpaired) electrons. The van der Waals surface area contributed by atoms with Crippen molar-refractivity contribution in [3.05, 3.63) is 44.6 Å². The van der Waals surface area contributed by atoms with E-state index in [1.54, 1.807) is 12.1 Å². The van der Waals surface area contributed by atoms with Crippen LogP contribution in [0.3, 0.4) is 0 Å². The van der Waals surface area contributed by atoms with Crippen molar-refractivity contribution >= 4 is 28.9 Å². The van der Waals surface area contributed by atoms with Crippen molar-refractivity contribution in [2.45, 2.75) is 6.54 Å². The molecule has 0 fully saturated rings. The number of hydrogen-bond donors (Lipinski definition) is 1. The van der Waals surface area contributed by atoms with Gasteiger partial charge in [0.25, 0.3) is 0 Å². The number of hydrogen-bond acceptors (Lipinski definition) is 4. The van der Waals surface area contributed by atoms with Crippen LogP contribution in [0, 0.1) is 10.1 Å². The Bertz CT molecular complexity index is 628. The molecule has 0 unspecified atom stereocenters. The van der Waals surface area contributed by atoms with E-state index in [4.69, 9.17) is 28.3 Å². The van der Waals surface area contributed by atoms with Gasteiger partial charge < -0.3 is 5.11 Å². The van der Waals surface area contributed by atoms with Crippen LogP contribution < -0.4 is 0 Å². The zero-order valence-corrected chi connectivity index (χ0v) is 11.1. The molecule has 0 saturated carbocycles. The fraction of sp³-hybridized carbons (Fsp3) is 0.182. The number of benzene rings is 1. The molecule has 8 heteroatoms. The molecular weight excluding hydrogens is 293 g/mol. The van der Waals surface area contributed by atoms with Gasteiger partial charge in [-0.05, 0) is 12.1 Å². The number of halogens is 2. The van der Waals surface area contributed by atoms with E-state index in [1.807, 2.05) is 0 Å². The summed E-state index contributed by atoms with van der Waals surface area (Å²) in [6.45, 7) is -0.0173. The third kappa shape index (κ3) is 2.70.